The third-order valence-electron chi connectivity index (χ3n) is 3.52. The molecule has 0 rings (SSSR count). The minimum Gasteiger partial charge on any atom is -0.425 e. The minimum atomic E-state index is -0.820. The molecule has 0 aliphatic carbocycles. The number of esters is 2. The summed E-state index contributed by atoms with van der Waals surface area (Å²) >= 11 is 0. The lowest BCUT2D eigenvalue weighted by Crippen LogP contribution is -2.35. The van der Waals surface area contributed by atoms with Gasteiger partial charge in [0.15, 0.2) is 0 Å². The lowest BCUT2D eigenvalue weighted by atomic mass is 9.81. The van der Waals surface area contributed by atoms with Gasteiger partial charge in [0, 0.05) is 13.3 Å². The van der Waals surface area contributed by atoms with Gasteiger partial charge in [-0.15, -0.1) is 0 Å². The number of hydrogen-bond donors (Lipinski definition) is 0. The van der Waals surface area contributed by atoms with Crippen LogP contribution in [0.25, 0.3) is 0 Å². The summed E-state index contributed by atoms with van der Waals surface area (Å²) in [5.74, 6) is -0.486. The maximum absolute atomic E-state index is 11.9. The van der Waals surface area contributed by atoms with Gasteiger partial charge in [0.25, 0.3) is 0 Å². The highest BCUT2D eigenvalue weighted by Gasteiger charge is 2.34. The van der Waals surface area contributed by atoms with E-state index < -0.39 is 11.7 Å². The van der Waals surface area contributed by atoms with Crippen LogP contribution >= 0.6 is 0 Å². The van der Waals surface area contributed by atoms with E-state index >= 15 is 0 Å². The Kier molecular flexibility index (Phi) is 7.72. The second-order valence-electron chi connectivity index (χ2n) is 5.80. The fourth-order valence-electron chi connectivity index (χ4n) is 1.33. The monoisotopic (exact) mass is 272 g/mol. The third kappa shape index (κ3) is 6.60. The van der Waals surface area contributed by atoms with Crippen molar-refractivity contribution in [2.45, 2.75) is 73.5 Å². The smallest absolute Gasteiger partial charge is 0.314 e. The third-order valence-corrected chi connectivity index (χ3v) is 3.52. The van der Waals surface area contributed by atoms with Crippen molar-refractivity contribution in [1.29, 1.82) is 0 Å². The van der Waals surface area contributed by atoms with Crippen LogP contribution in [0.5, 0.6) is 0 Å². The summed E-state index contributed by atoms with van der Waals surface area (Å²) in [6.07, 6.45) is 2.43. The molecular formula is C15H28O4. The molecule has 0 radical (unpaired) electrons. The number of carbonyl (C=O) groups is 2. The molecule has 0 aliphatic rings. The van der Waals surface area contributed by atoms with Crippen molar-refractivity contribution in [1.82, 2.24) is 0 Å². The molecular weight excluding hydrogens is 244 g/mol. The predicted molar refractivity (Wildman–Crippen MR) is 74.4 cm³/mol. The Balaban J connectivity index is 4.14. The molecule has 0 aromatic carbocycles. The standard InChI is InChI=1S/C15H28O4/c1-7-8-9-10-13(16)18-12(4)19-14(17)15(5,6)11(2)3/h11-12H,7-10H2,1-6H3. The van der Waals surface area contributed by atoms with Crippen LogP contribution in [0.4, 0.5) is 0 Å². The van der Waals surface area contributed by atoms with Crippen molar-refractivity contribution >= 4 is 11.9 Å². The highest BCUT2D eigenvalue weighted by Crippen LogP contribution is 2.28. The molecule has 0 spiro atoms. The average molecular weight is 272 g/mol. The highest BCUT2D eigenvalue weighted by atomic mass is 16.7. The Morgan fingerprint density at radius 1 is 1.05 bits per heavy atom. The first-order valence-electron chi connectivity index (χ1n) is 7.12. The van der Waals surface area contributed by atoms with E-state index in [1.165, 1.54) is 0 Å². The molecule has 0 aromatic heterocycles. The molecule has 0 fully saturated rings. The molecule has 0 bridgehead atoms. The Hall–Kier alpha value is -1.06. The van der Waals surface area contributed by atoms with Crippen LogP contribution in [0.15, 0.2) is 0 Å². The number of unbranched alkanes of at least 4 members (excludes halogenated alkanes) is 2. The van der Waals surface area contributed by atoms with Gasteiger partial charge in [0.2, 0.25) is 6.29 Å². The van der Waals surface area contributed by atoms with Gasteiger partial charge in [-0.2, -0.15) is 0 Å². The summed E-state index contributed by atoms with van der Waals surface area (Å²) in [7, 11) is 0. The zero-order valence-corrected chi connectivity index (χ0v) is 13.1. The maximum Gasteiger partial charge on any atom is 0.314 e. The van der Waals surface area contributed by atoms with Gasteiger partial charge >= 0.3 is 11.9 Å². The quantitative estimate of drug-likeness (QED) is 0.384. The molecule has 0 aromatic rings. The number of hydrogen-bond acceptors (Lipinski definition) is 4. The van der Waals surface area contributed by atoms with Crippen molar-refractivity contribution in [3.8, 4) is 0 Å². The van der Waals surface area contributed by atoms with Gasteiger partial charge in [-0.3, -0.25) is 9.59 Å². The minimum absolute atomic E-state index is 0.160. The van der Waals surface area contributed by atoms with E-state index in [1.807, 2.05) is 27.7 Å². The molecule has 112 valence electrons. The Labute approximate surface area is 116 Å². The summed E-state index contributed by atoms with van der Waals surface area (Å²) in [5.41, 5.74) is -0.580. The van der Waals surface area contributed by atoms with Crippen molar-refractivity contribution < 1.29 is 19.1 Å². The highest BCUT2D eigenvalue weighted by molar-refractivity contribution is 5.76. The van der Waals surface area contributed by atoms with Crippen LogP contribution < -0.4 is 0 Å². The second kappa shape index (κ2) is 8.18. The van der Waals surface area contributed by atoms with E-state index in [0.29, 0.717) is 6.42 Å². The molecule has 0 saturated heterocycles. The predicted octanol–water partition coefficient (Wildman–Crippen LogP) is 3.68. The summed E-state index contributed by atoms with van der Waals surface area (Å²) in [5, 5.41) is 0. The van der Waals surface area contributed by atoms with Gasteiger partial charge in [0.05, 0.1) is 5.41 Å². The first kappa shape index (κ1) is 17.9. The van der Waals surface area contributed by atoms with Crippen LogP contribution in [-0.4, -0.2) is 18.2 Å². The van der Waals surface area contributed by atoms with Crippen molar-refractivity contribution in [2.75, 3.05) is 0 Å². The zero-order valence-electron chi connectivity index (χ0n) is 13.1. The fourth-order valence-corrected chi connectivity index (χ4v) is 1.33. The molecule has 0 N–H and O–H groups in total. The first-order valence-corrected chi connectivity index (χ1v) is 7.12. The number of rotatable bonds is 8. The molecule has 0 amide bonds. The molecule has 19 heavy (non-hydrogen) atoms. The molecule has 0 saturated carbocycles. The molecule has 4 nitrogen and oxygen atoms in total. The summed E-state index contributed by atoms with van der Waals surface area (Å²) in [4.78, 5) is 23.4. The van der Waals surface area contributed by atoms with Crippen molar-refractivity contribution in [2.24, 2.45) is 11.3 Å². The molecule has 0 aliphatic heterocycles. The van der Waals surface area contributed by atoms with E-state index in [-0.39, 0.29) is 17.9 Å². The number of carbonyl (C=O) groups excluding carboxylic acids is 2. The Morgan fingerprint density at radius 2 is 1.63 bits per heavy atom. The second-order valence-corrected chi connectivity index (χ2v) is 5.80. The van der Waals surface area contributed by atoms with E-state index in [1.54, 1.807) is 6.92 Å². The fraction of sp³-hybridized carbons (Fsp3) is 0.867. The first-order chi connectivity index (χ1) is 8.71. The summed E-state index contributed by atoms with van der Waals surface area (Å²) < 4.78 is 10.2. The lowest BCUT2D eigenvalue weighted by Gasteiger charge is -2.28. The van der Waals surface area contributed by atoms with Crippen LogP contribution in [0, 0.1) is 11.3 Å². The van der Waals surface area contributed by atoms with Crippen LogP contribution in [0.2, 0.25) is 0 Å². The zero-order chi connectivity index (χ0) is 15.1. The molecule has 1 unspecified atom stereocenters. The van der Waals surface area contributed by atoms with E-state index in [0.717, 1.165) is 19.3 Å². The topological polar surface area (TPSA) is 52.6 Å². The van der Waals surface area contributed by atoms with Gasteiger partial charge in [-0.1, -0.05) is 33.6 Å². The van der Waals surface area contributed by atoms with Crippen LogP contribution in [0.1, 0.15) is 67.2 Å². The Bertz CT molecular complexity index is 295. The van der Waals surface area contributed by atoms with E-state index in [9.17, 15) is 9.59 Å². The molecule has 0 heterocycles. The largest absolute Gasteiger partial charge is 0.425 e. The van der Waals surface area contributed by atoms with Crippen molar-refractivity contribution in [3.63, 3.8) is 0 Å². The SMILES string of the molecule is CCCCCC(=O)OC(C)OC(=O)C(C)(C)C(C)C. The van der Waals surface area contributed by atoms with Gasteiger partial charge in [-0.05, 0) is 26.2 Å². The normalized spacial score (nSPS) is 13.2. The van der Waals surface area contributed by atoms with Crippen molar-refractivity contribution in [3.05, 3.63) is 0 Å². The lowest BCUT2D eigenvalue weighted by molar-refractivity contribution is -0.192. The number of ether oxygens (including phenoxy) is 2. The van der Waals surface area contributed by atoms with Gasteiger partial charge < -0.3 is 9.47 Å². The van der Waals surface area contributed by atoms with E-state index in [4.69, 9.17) is 9.47 Å². The van der Waals surface area contributed by atoms with Crippen LogP contribution in [-0.2, 0) is 19.1 Å². The molecule has 4 heteroatoms. The average Bonchev–Trinajstić information content (AvgIpc) is 2.28. The van der Waals surface area contributed by atoms with Gasteiger partial charge in [0.1, 0.15) is 0 Å². The summed E-state index contributed by atoms with van der Waals surface area (Å²) in [6.45, 7) is 11.2. The molecule has 1 atom stereocenters. The van der Waals surface area contributed by atoms with E-state index in [2.05, 4.69) is 6.92 Å². The maximum atomic E-state index is 11.9. The Morgan fingerprint density at radius 3 is 2.11 bits per heavy atom. The summed E-state index contributed by atoms with van der Waals surface area (Å²) in [6, 6.07) is 0. The van der Waals surface area contributed by atoms with Gasteiger partial charge in [-0.25, -0.2) is 0 Å². The van der Waals surface area contributed by atoms with Crippen LogP contribution in [0.3, 0.4) is 0 Å².